The van der Waals surface area contributed by atoms with E-state index in [0.29, 0.717) is 0 Å². The van der Waals surface area contributed by atoms with Gasteiger partial charge in [0.25, 0.3) is 0 Å². The second-order valence-corrected chi connectivity index (χ2v) is 5.71. The molecule has 1 heterocycles. The first-order valence-electron chi connectivity index (χ1n) is 5.61. The molecule has 0 saturated carbocycles. The van der Waals surface area contributed by atoms with E-state index >= 15 is 0 Å². The molecule has 0 saturated heterocycles. The first-order chi connectivity index (χ1) is 9.11. The summed E-state index contributed by atoms with van der Waals surface area (Å²) >= 11 is 4.82. The summed E-state index contributed by atoms with van der Waals surface area (Å²) in [5, 5.41) is 3.18. The number of carbonyl (C=O) groups excluding carboxylic acids is 1. The zero-order valence-electron chi connectivity index (χ0n) is 10.5. The van der Waals surface area contributed by atoms with Crippen molar-refractivity contribution in [1.82, 2.24) is 4.98 Å². The summed E-state index contributed by atoms with van der Waals surface area (Å²) < 4.78 is 5.84. The highest BCUT2D eigenvalue weighted by molar-refractivity contribution is 9.10. The second kappa shape index (κ2) is 6.16. The van der Waals surface area contributed by atoms with E-state index in [9.17, 15) is 4.79 Å². The molecule has 2 rings (SSSR count). The molecule has 1 unspecified atom stereocenters. The number of benzene rings is 1. The van der Waals surface area contributed by atoms with Crippen molar-refractivity contribution in [2.75, 3.05) is 12.4 Å². The van der Waals surface area contributed by atoms with Crippen molar-refractivity contribution < 1.29 is 9.53 Å². The minimum Gasteiger partial charge on any atom is -0.467 e. The fourth-order valence-corrected chi connectivity index (χ4v) is 2.75. The molecular formula is C13H13BrN2O2S. The van der Waals surface area contributed by atoms with E-state index in [1.165, 1.54) is 18.4 Å². The van der Waals surface area contributed by atoms with Gasteiger partial charge in [0.1, 0.15) is 0 Å². The summed E-state index contributed by atoms with van der Waals surface area (Å²) in [5.41, 5.74) is 3.42. The maximum atomic E-state index is 11.9. The lowest BCUT2D eigenvalue weighted by Crippen LogP contribution is -2.22. The molecular weight excluding hydrogens is 328 g/mol. The quantitative estimate of drug-likeness (QED) is 0.865. The number of hydrogen-bond donors (Lipinski definition) is 1. The SMILES string of the molecule is COC(=O)C(Nc1ccc(Br)cc1)c1scnc1C. The molecule has 0 radical (unpaired) electrons. The van der Waals surface area contributed by atoms with Crippen LogP contribution in [0.1, 0.15) is 16.6 Å². The number of nitrogens with zero attached hydrogens (tertiary/aromatic N) is 1. The first kappa shape index (κ1) is 14.0. The Kier molecular flexibility index (Phi) is 4.55. The summed E-state index contributed by atoms with van der Waals surface area (Å²) in [4.78, 5) is 17.0. The second-order valence-electron chi connectivity index (χ2n) is 3.91. The molecule has 1 atom stereocenters. The fourth-order valence-electron chi connectivity index (χ4n) is 1.65. The van der Waals surface area contributed by atoms with Gasteiger partial charge in [0.15, 0.2) is 6.04 Å². The van der Waals surface area contributed by atoms with Crippen molar-refractivity contribution in [3.63, 3.8) is 0 Å². The van der Waals surface area contributed by atoms with Crippen LogP contribution in [0.5, 0.6) is 0 Å². The number of rotatable bonds is 4. The minimum atomic E-state index is -0.529. The number of esters is 1. The van der Waals surface area contributed by atoms with E-state index < -0.39 is 6.04 Å². The van der Waals surface area contributed by atoms with E-state index in [1.54, 1.807) is 5.51 Å². The van der Waals surface area contributed by atoms with Crippen LogP contribution in [0, 0.1) is 6.92 Å². The predicted molar refractivity (Wildman–Crippen MR) is 79.4 cm³/mol. The third-order valence-corrected chi connectivity index (χ3v) is 4.16. The van der Waals surface area contributed by atoms with Crippen molar-refractivity contribution in [2.45, 2.75) is 13.0 Å². The van der Waals surface area contributed by atoms with Gasteiger partial charge in [-0.25, -0.2) is 9.78 Å². The Morgan fingerprint density at radius 2 is 2.11 bits per heavy atom. The normalized spacial score (nSPS) is 11.9. The molecule has 2 aromatic rings. The van der Waals surface area contributed by atoms with E-state index in [2.05, 4.69) is 26.2 Å². The fraction of sp³-hybridized carbons (Fsp3) is 0.231. The summed E-state index contributed by atoms with van der Waals surface area (Å²) in [5.74, 6) is -0.324. The monoisotopic (exact) mass is 340 g/mol. The number of aryl methyl sites for hydroxylation is 1. The highest BCUT2D eigenvalue weighted by Gasteiger charge is 2.24. The van der Waals surface area contributed by atoms with E-state index in [0.717, 1.165) is 20.7 Å². The minimum absolute atomic E-state index is 0.324. The maximum absolute atomic E-state index is 11.9. The average Bonchev–Trinajstić information content (AvgIpc) is 2.83. The van der Waals surface area contributed by atoms with Gasteiger partial charge in [0.05, 0.1) is 23.2 Å². The average molecular weight is 341 g/mol. The topological polar surface area (TPSA) is 51.2 Å². The molecule has 0 aliphatic rings. The number of anilines is 1. The van der Waals surface area contributed by atoms with Crippen LogP contribution in [-0.4, -0.2) is 18.1 Å². The maximum Gasteiger partial charge on any atom is 0.333 e. The van der Waals surface area contributed by atoms with E-state index in [-0.39, 0.29) is 5.97 Å². The molecule has 0 aliphatic carbocycles. The number of aromatic nitrogens is 1. The van der Waals surface area contributed by atoms with Crippen molar-refractivity contribution in [2.24, 2.45) is 0 Å². The van der Waals surface area contributed by atoms with Crippen LogP contribution in [0.15, 0.2) is 34.2 Å². The van der Waals surface area contributed by atoms with Gasteiger partial charge in [-0.3, -0.25) is 0 Å². The molecule has 0 spiro atoms. The number of carbonyl (C=O) groups is 1. The van der Waals surface area contributed by atoms with Crippen molar-refractivity contribution in [3.05, 3.63) is 44.8 Å². The Labute approximate surface area is 124 Å². The van der Waals surface area contributed by atoms with Gasteiger partial charge in [-0.15, -0.1) is 11.3 Å². The molecule has 0 aliphatic heterocycles. The van der Waals surface area contributed by atoms with Gasteiger partial charge in [-0.1, -0.05) is 15.9 Å². The lowest BCUT2D eigenvalue weighted by molar-refractivity contribution is -0.141. The van der Waals surface area contributed by atoms with Gasteiger partial charge in [-0.2, -0.15) is 0 Å². The van der Waals surface area contributed by atoms with Crippen LogP contribution in [-0.2, 0) is 9.53 Å². The smallest absolute Gasteiger partial charge is 0.333 e. The summed E-state index contributed by atoms with van der Waals surface area (Å²) in [6, 6.07) is 7.10. The highest BCUT2D eigenvalue weighted by Crippen LogP contribution is 2.27. The predicted octanol–water partition coefficient (Wildman–Crippen LogP) is 3.54. The molecule has 1 N–H and O–H groups in total. The van der Waals surface area contributed by atoms with E-state index in [4.69, 9.17) is 4.74 Å². The van der Waals surface area contributed by atoms with Gasteiger partial charge in [0.2, 0.25) is 0 Å². The number of ether oxygens (including phenoxy) is 1. The third-order valence-electron chi connectivity index (χ3n) is 2.64. The number of methoxy groups -OCH3 is 1. The Morgan fingerprint density at radius 3 is 2.63 bits per heavy atom. The van der Waals surface area contributed by atoms with Crippen molar-refractivity contribution in [1.29, 1.82) is 0 Å². The Bertz CT molecular complexity index is 568. The van der Waals surface area contributed by atoms with Gasteiger partial charge >= 0.3 is 5.97 Å². The van der Waals surface area contributed by atoms with Crippen molar-refractivity contribution in [3.8, 4) is 0 Å². The molecule has 6 heteroatoms. The lowest BCUT2D eigenvalue weighted by Gasteiger charge is -2.17. The summed E-state index contributed by atoms with van der Waals surface area (Å²) in [6.07, 6.45) is 0. The largest absolute Gasteiger partial charge is 0.467 e. The van der Waals surface area contributed by atoms with Gasteiger partial charge in [0, 0.05) is 10.2 Å². The number of hydrogen-bond acceptors (Lipinski definition) is 5. The summed E-state index contributed by atoms with van der Waals surface area (Å²) in [6.45, 7) is 1.88. The van der Waals surface area contributed by atoms with Crippen LogP contribution < -0.4 is 5.32 Å². The Balaban J connectivity index is 2.27. The molecule has 19 heavy (non-hydrogen) atoms. The van der Waals surface area contributed by atoms with Crippen molar-refractivity contribution >= 4 is 38.9 Å². The molecule has 0 fully saturated rings. The first-order valence-corrected chi connectivity index (χ1v) is 7.29. The lowest BCUT2D eigenvalue weighted by atomic mass is 10.2. The van der Waals surface area contributed by atoms with Crippen LogP contribution in [0.4, 0.5) is 5.69 Å². The van der Waals surface area contributed by atoms with Crippen LogP contribution in [0.3, 0.4) is 0 Å². The molecule has 0 bridgehead atoms. The molecule has 4 nitrogen and oxygen atoms in total. The molecule has 1 aromatic heterocycles. The Hall–Kier alpha value is -1.40. The van der Waals surface area contributed by atoms with Crippen LogP contribution in [0.2, 0.25) is 0 Å². The number of thiazole rings is 1. The van der Waals surface area contributed by atoms with Crippen LogP contribution in [0.25, 0.3) is 0 Å². The van der Waals surface area contributed by atoms with Gasteiger partial charge in [-0.05, 0) is 31.2 Å². The zero-order valence-corrected chi connectivity index (χ0v) is 12.9. The van der Waals surface area contributed by atoms with E-state index in [1.807, 2.05) is 31.2 Å². The molecule has 1 aromatic carbocycles. The third kappa shape index (κ3) is 3.33. The number of halogens is 1. The number of nitrogens with one attached hydrogen (secondary N) is 1. The Morgan fingerprint density at radius 1 is 1.42 bits per heavy atom. The zero-order chi connectivity index (χ0) is 13.8. The van der Waals surface area contributed by atoms with Gasteiger partial charge < -0.3 is 10.1 Å². The van der Waals surface area contributed by atoms with Crippen LogP contribution >= 0.6 is 27.3 Å². The molecule has 0 amide bonds. The molecule has 100 valence electrons. The highest BCUT2D eigenvalue weighted by atomic mass is 79.9. The standard InChI is InChI=1S/C13H13BrN2O2S/c1-8-12(19-7-15-8)11(13(17)18-2)16-10-5-3-9(14)4-6-10/h3-7,11,16H,1-2H3. The summed E-state index contributed by atoms with van der Waals surface area (Å²) in [7, 11) is 1.38.